The Hall–Kier alpha value is -2.73. The van der Waals surface area contributed by atoms with Crippen LogP contribution in [0.4, 0.5) is 11.4 Å². The first-order valence-corrected chi connectivity index (χ1v) is 10.0. The first kappa shape index (κ1) is 19.6. The molecule has 2 aliphatic rings. The fraction of sp³-hybridized carbons (Fsp3) is 0.364. The van der Waals surface area contributed by atoms with Crippen LogP contribution in [0, 0.1) is 5.92 Å². The van der Waals surface area contributed by atoms with Crippen LogP contribution >= 0.6 is 11.6 Å². The number of halogens is 1. The molecule has 1 atom stereocenters. The van der Waals surface area contributed by atoms with Crippen molar-refractivity contribution in [1.29, 1.82) is 0 Å². The third kappa shape index (κ3) is 3.65. The van der Waals surface area contributed by atoms with E-state index in [0.717, 1.165) is 24.1 Å². The van der Waals surface area contributed by atoms with Crippen molar-refractivity contribution in [3.8, 4) is 11.5 Å². The Balaban J connectivity index is 1.57. The second kappa shape index (κ2) is 7.95. The molecule has 6 nitrogen and oxygen atoms in total. The Morgan fingerprint density at radius 1 is 1.10 bits per heavy atom. The highest BCUT2D eigenvalue weighted by atomic mass is 35.5. The zero-order valence-corrected chi connectivity index (χ0v) is 17.2. The van der Waals surface area contributed by atoms with Crippen molar-refractivity contribution in [2.45, 2.75) is 19.3 Å². The number of ether oxygens (including phenoxy) is 2. The van der Waals surface area contributed by atoms with Crippen molar-refractivity contribution in [3.05, 3.63) is 47.0 Å². The van der Waals surface area contributed by atoms with Gasteiger partial charge in [-0.25, -0.2) is 0 Å². The highest BCUT2D eigenvalue weighted by Gasteiger charge is 2.39. The van der Waals surface area contributed by atoms with Gasteiger partial charge in [-0.2, -0.15) is 0 Å². The average Bonchev–Trinajstić information content (AvgIpc) is 3.13. The molecule has 152 valence electrons. The number of anilines is 2. The molecular weight excluding hydrogens is 392 g/mol. The van der Waals surface area contributed by atoms with E-state index in [9.17, 15) is 9.59 Å². The first-order chi connectivity index (χ1) is 14.0. The maximum Gasteiger partial charge on any atom is 0.232 e. The summed E-state index contributed by atoms with van der Waals surface area (Å²) in [5, 5.41) is 0.673. The molecule has 0 bridgehead atoms. The molecule has 1 saturated heterocycles. The maximum absolute atomic E-state index is 13.3. The zero-order chi connectivity index (χ0) is 20.5. The molecule has 7 heteroatoms. The number of methoxy groups -OCH3 is 2. The fourth-order valence-electron chi connectivity index (χ4n) is 4.13. The van der Waals surface area contributed by atoms with Gasteiger partial charge in [0.25, 0.3) is 0 Å². The Morgan fingerprint density at radius 3 is 2.66 bits per heavy atom. The van der Waals surface area contributed by atoms with Crippen LogP contribution in [-0.2, 0) is 16.0 Å². The normalized spacial score (nSPS) is 18.6. The van der Waals surface area contributed by atoms with Gasteiger partial charge in [0.2, 0.25) is 11.8 Å². The summed E-state index contributed by atoms with van der Waals surface area (Å²) in [6.07, 6.45) is 1.97. The van der Waals surface area contributed by atoms with Crippen LogP contribution in [0.15, 0.2) is 36.4 Å². The summed E-state index contributed by atoms with van der Waals surface area (Å²) >= 11 is 6.11. The number of benzene rings is 2. The lowest BCUT2D eigenvalue weighted by Gasteiger charge is -2.31. The van der Waals surface area contributed by atoms with Gasteiger partial charge >= 0.3 is 0 Å². The number of hydrogen-bond donors (Lipinski definition) is 0. The van der Waals surface area contributed by atoms with E-state index in [4.69, 9.17) is 21.1 Å². The van der Waals surface area contributed by atoms with Crippen molar-refractivity contribution in [3.63, 3.8) is 0 Å². The van der Waals surface area contributed by atoms with Crippen LogP contribution in [0.2, 0.25) is 5.02 Å². The van der Waals surface area contributed by atoms with Gasteiger partial charge in [0.05, 0.1) is 25.8 Å². The lowest BCUT2D eigenvalue weighted by molar-refractivity contribution is -0.124. The molecule has 0 radical (unpaired) electrons. The van der Waals surface area contributed by atoms with E-state index in [1.807, 2.05) is 17.0 Å². The first-order valence-electron chi connectivity index (χ1n) is 9.64. The minimum absolute atomic E-state index is 0.0170. The fourth-order valence-corrected chi connectivity index (χ4v) is 4.32. The molecule has 1 fully saturated rings. The number of hydrogen-bond acceptors (Lipinski definition) is 4. The second-order valence-electron chi connectivity index (χ2n) is 7.31. The monoisotopic (exact) mass is 414 g/mol. The zero-order valence-electron chi connectivity index (χ0n) is 16.5. The Bertz CT molecular complexity index is 962. The summed E-state index contributed by atoms with van der Waals surface area (Å²) in [6, 6.07) is 10.9. The molecular formula is C22H23ClN2O4. The molecule has 2 aromatic carbocycles. The van der Waals surface area contributed by atoms with Crippen LogP contribution in [0.5, 0.6) is 11.5 Å². The minimum atomic E-state index is -0.393. The van der Waals surface area contributed by atoms with Crippen molar-refractivity contribution in [2.75, 3.05) is 37.1 Å². The predicted molar refractivity (Wildman–Crippen MR) is 112 cm³/mol. The van der Waals surface area contributed by atoms with Crippen molar-refractivity contribution < 1.29 is 19.1 Å². The van der Waals surface area contributed by atoms with E-state index in [-0.39, 0.29) is 18.2 Å². The maximum atomic E-state index is 13.3. The molecule has 4 rings (SSSR count). The number of nitrogens with zero attached hydrogens (tertiary/aromatic N) is 2. The summed E-state index contributed by atoms with van der Waals surface area (Å²) in [5.74, 6) is 0.699. The smallest absolute Gasteiger partial charge is 0.232 e. The number of aryl methyl sites for hydroxylation is 1. The molecule has 2 heterocycles. The van der Waals surface area contributed by atoms with E-state index in [1.54, 1.807) is 43.4 Å². The van der Waals surface area contributed by atoms with Gasteiger partial charge < -0.3 is 19.3 Å². The third-order valence-electron chi connectivity index (χ3n) is 5.58. The van der Waals surface area contributed by atoms with Crippen LogP contribution in [0.1, 0.15) is 18.4 Å². The predicted octanol–water partition coefficient (Wildman–Crippen LogP) is 3.69. The topological polar surface area (TPSA) is 59.1 Å². The molecule has 0 saturated carbocycles. The molecule has 0 aromatic heterocycles. The van der Waals surface area contributed by atoms with Crippen molar-refractivity contribution in [1.82, 2.24) is 0 Å². The third-order valence-corrected chi connectivity index (χ3v) is 5.81. The molecule has 0 spiro atoms. The molecule has 2 amide bonds. The van der Waals surface area contributed by atoms with Gasteiger partial charge in [0, 0.05) is 36.3 Å². The minimum Gasteiger partial charge on any atom is -0.497 e. The highest BCUT2D eigenvalue weighted by molar-refractivity contribution is 6.30. The SMILES string of the molecule is COc1ccc(N2CC(C(=O)N3CCCc4cc(Cl)ccc43)CC2=O)c(OC)c1. The summed E-state index contributed by atoms with van der Waals surface area (Å²) in [4.78, 5) is 29.5. The van der Waals surface area contributed by atoms with Gasteiger partial charge in [-0.05, 0) is 48.7 Å². The molecule has 29 heavy (non-hydrogen) atoms. The van der Waals surface area contributed by atoms with Gasteiger partial charge in [-0.3, -0.25) is 9.59 Å². The number of carbonyl (C=O) groups excluding carboxylic acids is 2. The lowest BCUT2D eigenvalue weighted by Crippen LogP contribution is -2.40. The summed E-state index contributed by atoms with van der Waals surface area (Å²) < 4.78 is 10.7. The van der Waals surface area contributed by atoms with Gasteiger partial charge in [0.1, 0.15) is 11.5 Å². The van der Waals surface area contributed by atoms with Crippen LogP contribution < -0.4 is 19.3 Å². The Morgan fingerprint density at radius 2 is 1.90 bits per heavy atom. The van der Waals surface area contributed by atoms with Gasteiger partial charge in [-0.15, -0.1) is 0 Å². The number of fused-ring (bicyclic) bond motifs is 1. The Labute approximate surface area is 174 Å². The Kier molecular flexibility index (Phi) is 5.37. The van der Waals surface area contributed by atoms with Crippen LogP contribution in [0.25, 0.3) is 0 Å². The number of amides is 2. The molecule has 2 aliphatic heterocycles. The van der Waals surface area contributed by atoms with E-state index >= 15 is 0 Å². The summed E-state index contributed by atoms with van der Waals surface area (Å²) in [7, 11) is 3.13. The lowest BCUT2D eigenvalue weighted by atomic mass is 9.99. The molecule has 1 unspecified atom stereocenters. The molecule has 0 N–H and O–H groups in total. The largest absolute Gasteiger partial charge is 0.497 e. The summed E-state index contributed by atoms with van der Waals surface area (Å²) in [5.41, 5.74) is 2.63. The van der Waals surface area contributed by atoms with Crippen molar-refractivity contribution in [2.24, 2.45) is 5.92 Å². The van der Waals surface area contributed by atoms with Crippen molar-refractivity contribution >= 4 is 34.8 Å². The summed E-state index contributed by atoms with van der Waals surface area (Å²) in [6.45, 7) is 0.990. The second-order valence-corrected chi connectivity index (χ2v) is 7.75. The number of rotatable bonds is 4. The van der Waals surface area contributed by atoms with E-state index in [2.05, 4.69) is 0 Å². The number of carbonyl (C=O) groups is 2. The highest BCUT2D eigenvalue weighted by Crippen LogP contribution is 2.37. The van der Waals surface area contributed by atoms with Gasteiger partial charge in [0.15, 0.2) is 0 Å². The van der Waals surface area contributed by atoms with Gasteiger partial charge in [-0.1, -0.05) is 11.6 Å². The standard InChI is InChI=1S/C22H23ClN2O4/c1-28-17-6-8-19(20(12-17)29-2)25-13-15(11-21(25)26)22(27)24-9-3-4-14-10-16(23)5-7-18(14)24/h5-8,10,12,15H,3-4,9,11,13H2,1-2H3. The van der Waals surface area contributed by atoms with Crippen LogP contribution in [0.3, 0.4) is 0 Å². The average molecular weight is 415 g/mol. The molecule has 0 aliphatic carbocycles. The van der Waals surface area contributed by atoms with E-state index in [0.29, 0.717) is 35.3 Å². The quantitative estimate of drug-likeness (QED) is 0.765. The van der Waals surface area contributed by atoms with E-state index in [1.165, 1.54) is 0 Å². The van der Waals surface area contributed by atoms with E-state index < -0.39 is 5.92 Å². The molecule has 2 aromatic rings. The van der Waals surface area contributed by atoms with Crippen LogP contribution in [-0.4, -0.2) is 39.1 Å².